The van der Waals surface area contributed by atoms with Crippen LogP contribution in [0, 0.1) is 0 Å². The Labute approximate surface area is 127 Å². The van der Waals surface area contributed by atoms with Gasteiger partial charge in [0.1, 0.15) is 11.3 Å². The molecule has 2 aromatic rings. The summed E-state index contributed by atoms with van der Waals surface area (Å²) in [6, 6.07) is 9.00. The fourth-order valence-electron chi connectivity index (χ4n) is 1.66. The summed E-state index contributed by atoms with van der Waals surface area (Å²) in [5.41, 5.74) is 6.26. The number of hydrogen-bond donors (Lipinski definition) is 1. The number of benzene rings is 1. The Morgan fingerprint density at radius 1 is 1.33 bits per heavy atom. The number of carbonyl (C=O) groups excluding carboxylic acids is 1. The summed E-state index contributed by atoms with van der Waals surface area (Å²) in [7, 11) is 0. The van der Waals surface area contributed by atoms with Gasteiger partial charge in [-0.1, -0.05) is 0 Å². The number of ether oxygens (including phenoxy) is 2. The molecule has 0 spiro atoms. The van der Waals surface area contributed by atoms with Crippen molar-refractivity contribution in [2.45, 2.75) is 11.8 Å². The van der Waals surface area contributed by atoms with Crippen LogP contribution in [0.15, 0.2) is 41.4 Å². The molecule has 1 aromatic heterocycles. The van der Waals surface area contributed by atoms with Crippen molar-refractivity contribution in [3.8, 4) is 11.6 Å². The predicted octanol–water partition coefficient (Wildman–Crippen LogP) is 3.35. The Bertz CT molecular complexity index is 629. The van der Waals surface area contributed by atoms with Gasteiger partial charge in [0.2, 0.25) is 5.88 Å². The van der Waals surface area contributed by atoms with E-state index >= 15 is 0 Å². The topological polar surface area (TPSA) is 74.4 Å². The molecule has 1 aromatic carbocycles. The normalized spacial score (nSPS) is 10.2. The second kappa shape index (κ2) is 6.99. The number of rotatable bonds is 5. The zero-order valence-corrected chi connectivity index (χ0v) is 12.6. The van der Waals surface area contributed by atoms with Crippen LogP contribution in [0.2, 0.25) is 0 Å². The van der Waals surface area contributed by atoms with Gasteiger partial charge in [-0.2, -0.15) is 0 Å². The van der Waals surface area contributed by atoms with Crippen molar-refractivity contribution in [1.29, 1.82) is 0 Å². The van der Waals surface area contributed by atoms with Gasteiger partial charge in [-0.05, 0) is 43.5 Å². The second-order valence-corrected chi connectivity index (χ2v) is 5.00. The fraction of sp³-hybridized carbons (Fsp3) is 0.200. The lowest BCUT2D eigenvalue weighted by Gasteiger charge is -2.10. The smallest absolute Gasteiger partial charge is 0.343 e. The summed E-state index contributed by atoms with van der Waals surface area (Å²) in [6.45, 7) is 2.01. The highest BCUT2D eigenvalue weighted by Crippen LogP contribution is 2.27. The third-order valence-corrected chi connectivity index (χ3v) is 3.39. The van der Waals surface area contributed by atoms with Gasteiger partial charge in [0.25, 0.3) is 0 Å². The largest absolute Gasteiger partial charge is 0.462 e. The first-order chi connectivity index (χ1) is 10.1. The first kappa shape index (κ1) is 15.2. The first-order valence-electron chi connectivity index (χ1n) is 6.38. The van der Waals surface area contributed by atoms with Crippen LogP contribution >= 0.6 is 11.8 Å². The van der Waals surface area contributed by atoms with Gasteiger partial charge in [0.05, 0.1) is 18.5 Å². The van der Waals surface area contributed by atoms with Crippen LogP contribution in [-0.2, 0) is 4.74 Å². The number of pyridine rings is 1. The van der Waals surface area contributed by atoms with Crippen molar-refractivity contribution < 1.29 is 14.3 Å². The van der Waals surface area contributed by atoms with Crippen LogP contribution in [-0.4, -0.2) is 23.8 Å². The standard InChI is InChI=1S/C15H16N2O3S/c1-3-19-15(18)13-8-10(16)9-17-14(13)20-11-4-6-12(21-2)7-5-11/h4-9H,3,16H2,1-2H3. The minimum Gasteiger partial charge on any atom is -0.462 e. The zero-order chi connectivity index (χ0) is 15.2. The highest BCUT2D eigenvalue weighted by atomic mass is 32.2. The molecule has 0 atom stereocenters. The van der Waals surface area contributed by atoms with Crippen molar-refractivity contribution in [2.24, 2.45) is 0 Å². The van der Waals surface area contributed by atoms with E-state index in [0.29, 0.717) is 11.4 Å². The monoisotopic (exact) mass is 304 g/mol. The van der Waals surface area contributed by atoms with Crippen molar-refractivity contribution in [2.75, 3.05) is 18.6 Å². The van der Waals surface area contributed by atoms with E-state index in [1.54, 1.807) is 18.7 Å². The summed E-state index contributed by atoms with van der Waals surface area (Å²) < 4.78 is 10.6. The molecule has 0 fully saturated rings. The van der Waals surface area contributed by atoms with Gasteiger partial charge < -0.3 is 15.2 Å². The van der Waals surface area contributed by atoms with Gasteiger partial charge in [-0.25, -0.2) is 9.78 Å². The summed E-state index contributed by atoms with van der Waals surface area (Å²) in [5.74, 6) is 0.267. The molecule has 0 bridgehead atoms. The maximum atomic E-state index is 11.9. The molecule has 0 radical (unpaired) electrons. The molecule has 0 saturated heterocycles. The number of nitrogen functional groups attached to an aromatic ring is 1. The Morgan fingerprint density at radius 3 is 2.67 bits per heavy atom. The molecule has 0 amide bonds. The summed E-state index contributed by atoms with van der Waals surface area (Å²) in [6.07, 6.45) is 3.44. The lowest BCUT2D eigenvalue weighted by molar-refractivity contribution is 0.0523. The van der Waals surface area contributed by atoms with Gasteiger partial charge in [0.15, 0.2) is 0 Å². The van der Waals surface area contributed by atoms with Gasteiger partial charge in [0, 0.05) is 4.90 Å². The number of esters is 1. The van der Waals surface area contributed by atoms with Gasteiger partial charge >= 0.3 is 5.97 Å². The van der Waals surface area contributed by atoms with E-state index in [1.807, 2.05) is 30.5 Å². The van der Waals surface area contributed by atoms with Crippen LogP contribution in [0.4, 0.5) is 5.69 Å². The molecule has 2 rings (SSSR count). The van der Waals surface area contributed by atoms with Crippen LogP contribution < -0.4 is 10.5 Å². The number of aromatic nitrogens is 1. The second-order valence-electron chi connectivity index (χ2n) is 4.12. The van der Waals surface area contributed by atoms with E-state index < -0.39 is 5.97 Å². The number of nitrogens with zero attached hydrogens (tertiary/aromatic N) is 1. The van der Waals surface area contributed by atoms with E-state index in [-0.39, 0.29) is 18.1 Å². The molecule has 0 aliphatic rings. The van der Waals surface area contributed by atoms with Crippen LogP contribution in [0.3, 0.4) is 0 Å². The average Bonchev–Trinajstić information content (AvgIpc) is 2.50. The summed E-state index contributed by atoms with van der Waals surface area (Å²) in [5, 5.41) is 0. The third-order valence-electron chi connectivity index (χ3n) is 2.64. The Hall–Kier alpha value is -2.21. The lowest BCUT2D eigenvalue weighted by atomic mass is 10.2. The molecule has 1 heterocycles. The van der Waals surface area contributed by atoms with Gasteiger partial charge in [-0.3, -0.25) is 0 Å². The molecular weight excluding hydrogens is 288 g/mol. The fourth-order valence-corrected chi connectivity index (χ4v) is 2.07. The minimum absolute atomic E-state index is 0.180. The molecule has 110 valence electrons. The Balaban J connectivity index is 2.27. The molecule has 6 heteroatoms. The van der Waals surface area contributed by atoms with Crippen LogP contribution in [0.1, 0.15) is 17.3 Å². The van der Waals surface area contributed by atoms with Crippen molar-refractivity contribution in [3.63, 3.8) is 0 Å². The molecule has 0 aliphatic heterocycles. The minimum atomic E-state index is -0.506. The summed E-state index contributed by atoms with van der Waals surface area (Å²) >= 11 is 1.64. The van der Waals surface area contributed by atoms with Crippen molar-refractivity contribution >= 4 is 23.4 Å². The molecule has 0 unspecified atom stereocenters. The van der Waals surface area contributed by atoms with E-state index in [4.69, 9.17) is 15.2 Å². The summed E-state index contributed by atoms with van der Waals surface area (Å²) in [4.78, 5) is 17.1. The Morgan fingerprint density at radius 2 is 2.05 bits per heavy atom. The Kier molecular flexibility index (Phi) is 5.05. The van der Waals surface area contributed by atoms with E-state index in [0.717, 1.165) is 4.90 Å². The molecule has 21 heavy (non-hydrogen) atoms. The lowest BCUT2D eigenvalue weighted by Crippen LogP contribution is -2.08. The quantitative estimate of drug-likeness (QED) is 0.674. The molecule has 5 nitrogen and oxygen atoms in total. The van der Waals surface area contributed by atoms with Crippen LogP contribution in [0.5, 0.6) is 11.6 Å². The first-order valence-corrected chi connectivity index (χ1v) is 7.61. The SMILES string of the molecule is CCOC(=O)c1cc(N)cnc1Oc1ccc(SC)cc1. The third kappa shape index (κ3) is 3.88. The van der Waals surface area contributed by atoms with Crippen LogP contribution in [0.25, 0.3) is 0 Å². The molecular formula is C15H16N2O3S. The number of anilines is 1. The molecule has 0 saturated carbocycles. The van der Waals surface area contributed by atoms with Crippen molar-refractivity contribution in [1.82, 2.24) is 4.98 Å². The van der Waals surface area contributed by atoms with Gasteiger partial charge in [-0.15, -0.1) is 11.8 Å². The number of nitrogens with two attached hydrogens (primary N) is 1. The van der Waals surface area contributed by atoms with Crippen molar-refractivity contribution in [3.05, 3.63) is 42.1 Å². The molecule has 2 N–H and O–H groups in total. The maximum Gasteiger partial charge on any atom is 0.343 e. The van der Waals surface area contributed by atoms with E-state index in [9.17, 15) is 4.79 Å². The highest BCUT2D eigenvalue weighted by Gasteiger charge is 2.16. The highest BCUT2D eigenvalue weighted by molar-refractivity contribution is 7.98. The van der Waals surface area contributed by atoms with E-state index in [1.165, 1.54) is 12.3 Å². The zero-order valence-electron chi connectivity index (χ0n) is 11.8. The average molecular weight is 304 g/mol. The number of thioether (sulfide) groups is 1. The maximum absolute atomic E-state index is 11.9. The number of carbonyl (C=O) groups is 1. The molecule has 0 aliphatic carbocycles. The number of hydrogen-bond acceptors (Lipinski definition) is 6. The van der Waals surface area contributed by atoms with E-state index in [2.05, 4.69) is 4.98 Å². The predicted molar refractivity (Wildman–Crippen MR) is 82.9 cm³/mol.